The Morgan fingerprint density at radius 2 is 1.96 bits per heavy atom. The number of aromatic nitrogens is 1. The summed E-state index contributed by atoms with van der Waals surface area (Å²) < 4.78 is 0. The van der Waals surface area contributed by atoms with Crippen LogP contribution in [0.2, 0.25) is 0 Å². The van der Waals surface area contributed by atoms with Crippen LogP contribution in [0.25, 0.3) is 11.3 Å². The second kappa shape index (κ2) is 6.85. The Morgan fingerprint density at radius 3 is 2.67 bits per heavy atom. The van der Waals surface area contributed by atoms with E-state index in [1.54, 1.807) is 36.1 Å². The van der Waals surface area contributed by atoms with Crippen molar-refractivity contribution in [3.8, 4) is 11.3 Å². The molecule has 1 aliphatic rings. The first kappa shape index (κ1) is 17.2. The van der Waals surface area contributed by atoms with Gasteiger partial charge in [-0.05, 0) is 48.4 Å². The summed E-state index contributed by atoms with van der Waals surface area (Å²) >= 11 is 1.49. The molecular weight excluding hydrogens is 362 g/mol. The summed E-state index contributed by atoms with van der Waals surface area (Å²) in [5.41, 5.74) is 5.07. The number of nitrogens with one attached hydrogen (secondary N) is 1. The molecule has 7 heteroatoms. The molecule has 2 aromatic carbocycles. The highest BCUT2D eigenvalue weighted by atomic mass is 32.1. The summed E-state index contributed by atoms with van der Waals surface area (Å²) in [5.74, 6) is -0.881. The number of carbonyl (C=O) groups excluding carboxylic acids is 1. The van der Waals surface area contributed by atoms with Crippen LogP contribution in [-0.2, 0) is 11.2 Å². The summed E-state index contributed by atoms with van der Waals surface area (Å²) in [6.45, 7) is 2.31. The Labute approximate surface area is 160 Å². The number of carbonyl (C=O) groups is 2. The number of carboxylic acid groups (broad SMARTS) is 1. The van der Waals surface area contributed by atoms with Crippen LogP contribution in [0.1, 0.15) is 22.8 Å². The van der Waals surface area contributed by atoms with E-state index in [1.165, 1.54) is 11.3 Å². The van der Waals surface area contributed by atoms with E-state index < -0.39 is 5.97 Å². The van der Waals surface area contributed by atoms with Crippen molar-refractivity contribution in [2.75, 3.05) is 16.8 Å². The molecule has 0 radical (unpaired) electrons. The maximum absolute atomic E-state index is 11.7. The van der Waals surface area contributed by atoms with Gasteiger partial charge in [-0.25, -0.2) is 9.78 Å². The third kappa shape index (κ3) is 3.41. The van der Waals surface area contributed by atoms with Gasteiger partial charge in [-0.15, -0.1) is 11.3 Å². The lowest BCUT2D eigenvalue weighted by Crippen LogP contribution is -2.25. The van der Waals surface area contributed by atoms with Crippen molar-refractivity contribution in [1.29, 1.82) is 0 Å². The Balaban J connectivity index is 1.53. The lowest BCUT2D eigenvalue weighted by atomic mass is 10.1. The first-order valence-electron chi connectivity index (χ1n) is 8.48. The highest BCUT2D eigenvalue weighted by molar-refractivity contribution is 7.14. The molecule has 0 saturated carbocycles. The molecule has 0 spiro atoms. The number of nitrogens with zero attached hydrogens (tertiary/aromatic N) is 2. The number of benzene rings is 2. The molecule has 4 rings (SSSR count). The summed E-state index contributed by atoms with van der Waals surface area (Å²) in [4.78, 5) is 29.0. The van der Waals surface area contributed by atoms with E-state index in [4.69, 9.17) is 5.11 Å². The Bertz CT molecular complexity index is 1030. The quantitative estimate of drug-likeness (QED) is 0.711. The molecule has 0 saturated heterocycles. The van der Waals surface area contributed by atoms with Gasteiger partial charge in [0.2, 0.25) is 5.91 Å². The highest BCUT2D eigenvalue weighted by Gasteiger charge is 2.22. The van der Waals surface area contributed by atoms with E-state index in [-0.39, 0.29) is 11.5 Å². The zero-order valence-electron chi connectivity index (χ0n) is 14.6. The summed E-state index contributed by atoms with van der Waals surface area (Å²) in [6, 6.07) is 12.6. The molecule has 0 atom stereocenters. The van der Waals surface area contributed by atoms with Crippen molar-refractivity contribution >= 4 is 39.7 Å². The minimum atomic E-state index is -0.946. The van der Waals surface area contributed by atoms with Gasteiger partial charge in [-0.3, -0.25) is 4.79 Å². The fourth-order valence-corrected chi connectivity index (χ4v) is 3.91. The molecule has 0 unspecified atom stereocenters. The molecule has 0 aliphatic carbocycles. The molecule has 136 valence electrons. The Kier molecular flexibility index (Phi) is 4.37. The van der Waals surface area contributed by atoms with E-state index in [1.807, 2.05) is 17.5 Å². The molecule has 27 heavy (non-hydrogen) atoms. The lowest BCUT2D eigenvalue weighted by molar-refractivity contribution is -0.116. The van der Waals surface area contributed by atoms with Gasteiger partial charge in [0.1, 0.15) is 0 Å². The summed E-state index contributed by atoms with van der Waals surface area (Å²) in [6.07, 6.45) is 0.855. The Hall–Kier alpha value is -3.19. The van der Waals surface area contributed by atoms with Crippen molar-refractivity contribution in [2.45, 2.75) is 13.3 Å². The zero-order valence-corrected chi connectivity index (χ0v) is 15.4. The number of thiazole rings is 1. The number of hydrogen-bond donors (Lipinski definition) is 2. The number of aromatic carboxylic acids is 1. The van der Waals surface area contributed by atoms with Crippen LogP contribution in [0, 0.1) is 0 Å². The van der Waals surface area contributed by atoms with Crippen LogP contribution in [0.3, 0.4) is 0 Å². The fraction of sp³-hybridized carbons (Fsp3) is 0.150. The third-order valence-corrected chi connectivity index (χ3v) is 5.30. The third-order valence-electron chi connectivity index (χ3n) is 4.54. The van der Waals surface area contributed by atoms with E-state index in [0.29, 0.717) is 0 Å². The average Bonchev–Trinajstić information content (AvgIpc) is 3.28. The van der Waals surface area contributed by atoms with E-state index >= 15 is 0 Å². The van der Waals surface area contributed by atoms with Crippen LogP contribution in [0.4, 0.5) is 16.5 Å². The number of amides is 1. The van der Waals surface area contributed by atoms with Gasteiger partial charge in [-0.1, -0.05) is 6.07 Å². The molecule has 2 N–H and O–H groups in total. The predicted molar refractivity (Wildman–Crippen MR) is 106 cm³/mol. The SMILES string of the molecule is CC(=O)N1CCc2cc(-c3csc(Nc4ccc(C(=O)O)cc4)n3)ccc21. The van der Waals surface area contributed by atoms with Gasteiger partial charge in [0, 0.05) is 35.8 Å². The highest BCUT2D eigenvalue weighted by Crippen LogP contribution is 2.34. The maximum Gasteiger partial charge on any atom is 0.335 e. The van der Waals surface area contributed by atoms with E-state index in [2.05, 4.69) is 16.4 Å². The van der Waals surface area contributed by atoms with Crippen molar-refractivity contribution < 1.29 is 14.7 Å². The molecule has 1 aromatic heterocycles. The molecule has 0 fully saturated rings. The lowest BCUT2D eigenvalue weighted by Gasteiger charge is -2.14. The average molecular weight is 379 g/mol. The summed E-state index contributed by atoms with van der Waals surface area (Å²) in [7, 11) is 0. The Morgan fingerprint density at radius 1 is 1.19 bits per heavy atom. The first-order valence-corrected chi connectivity index (χ1v) is 9.36. The van der Waals surface area contributed by atoms with Crippen LogP contribution >= 0.6 is 11.3 Å². The second-order valence-corrected chi connectivity index (χ2v) is 7.17. The van der Waals surface area contributed by atoms with Crippen molar-refractivity contribution in [2.24, 2.45) is 0 Å². The molecular formula is C20H17N3O3S. The smallest absolute Gasteiger partial charge is 0.335 e. The number of carboxylic acids is 1. The maximum atomic E-state index is 11.7. The standard InChI is InChI=1S/C20H17N3O3S/c1-12(24)23-9-8-15-10-14(4-7-18(15)23)17-11-27-20(22-17)21-16-5-2-13(3-6-16)19(25)26/h2-7,10-11H,8-9H2,1H3,(H,21,22)(H,25,26). The topological polar surface area (TPSA) is 82.5 Å². The van der Waals surface area contributed by atoms with Gasteiger partial charge >= 0.3 is 5.97 Å². The fourth-order valence-electron chi connectivity index (χ4n) is 3.17. The van der Waals surface area contributed by atoms with Crippen LogP contribution in [0.5, 0.6) is 0 Å². The van der Waals surface area contributed by atoms with E-state index in [0.717, 1.165) is 46.3 Å². The van der Waals surface area contributed by atoms with Crippen molar-refractivity contribution in [1.82, 2.24) is 4.98 Å². The van der Waals surface area contributed by atoms with Gasteiger partial charge in [-0.2, -0.15) is 0 Å². The largest absolute Gasteiger partial charge is 0.478 e. The minimum absolute atomic E-state index is 0.0653. The minimum Gasteiger partial charge on any atom is -0.478 e. The molecule has 6 nitrogen and oxygen atoms in total. The predicted octanol–water partition coefficient (Wildman–Crippen LogP) is 4.16. The number of hydrogen-bond acceptors (Lipinski definition) is 5. The number of rotatable bonds is 4. The second-order valence-electron chi connectivity index (χ2n) is 6.31. The molecule has 3 aromatic rings. The van der Waals surface area contributed by atoms with E-state index in [9.17, 15) is 9.59 Å². The normalized spacial score (nSPS) is 12.7. The zero-order chi connectivity index (χ0) is 19.0. The van der Waals surface area contributed by atoms with Crippen LogP contribution in [0.15, 0.2) is 47.8 Å². The number of fused-ring (bicyclic) bond motifs is 1. The van der Waals surface area contributed by atoms with Crippen molar-refractivity contribution in [3.05, 3.63) is 59.0 Å². The molecule has 2 heterocycles. The first-order chi connectivity index (χ1) is 13.0. The molecule has 1 aliphatic heterocycles. The van der Waals surface area contributed by atoms with Gasteiger partial charge in [0.25, 0.3) is 0 Å². The van der Waals surface area contributed by atoms with Gasteiger partial charge in [0.15, 0.2) is 5.13 Å². The van der Waals surface area contributed by atoms with Crippen molar-refractivity contribution in [3.63, 3.8) is 0 Å². The molecule has 0 bridgehead atoms. The van der Waals surface area contributed by atoms with Crippen LogP contribution in [-0.4, -0.2) is 28.5 Å². The van der Waals surface area contributed by atoms with Crippen LogP contribution < -0.4 is 10.2 Å². The summed E-state index contributed by atoms with van der Waals surface area (Å²) in [5, 5.41) is 14.9. The number of anilines is 3. The van der Waals surface area contributed by atoms with Gasteiger partial charge < -0.3 is 15.3 Å². The molecule has 1 amide bonds. The monoisotopic (exact) mass is 379 g/mol. The van der Waals surface area contributed by atoms with Gasteiger partial charge in [0.05, 0.1) is 11.3 Å².